The van der Waals surface area contributed by atoms with E-state index in [1.807, 2.05) is 6.92 Å². The summed E-state index contributed by atoms with van der Waals surface area (Å²) in [6, 6.07) is 0. The van der Waals surface area contributed by atoms with E-state index in [1.54, 1.807) is 0 Å². The Morgan fingerprint density at radius 1 is 1.28 bits per heavy atom. The minimum Gasteiger partial charge on any atom is -0.454 e. The number of rotatable bonds is 1. The molecule has 1 saturated heterocycles. The van der Waals surface area contributed by atoms with Gasteiger partial charge in [0.1, 0.15) is 5.76 Å². The summed E-state index contributed by atoms with van der Waals surface area (Å²) in [5.74, 6) is -2.95. The molecule has 2 heterocycles. The third kappa shape index (κ3) is 2.58. The summed E-state index contributed by atoms with van der Waals surface area (Å²) in [5, 5.41) is 0. The minimum atomic E-state index is -1.20. The van der Waals surface area contributed by atoms with Gasteiger partial charge in [-0.2, -0.15) is 0 Å². The molecule has 98 valence electrons. The maximum absolute atomic E-state index is 11.7. The Kier molecular flexibility index (Phi) is 3.23. The standard InChI is InChI=1S/C12H13BrO5/c1-6-4-7(16-9(6)13)5-8-10(14)17-12(2,3)18-11(8)15/h5,8H,4H2,1-3H3. The van der Waals surface area contributed by atoms with Gasteiger partial charge in [-0.05, 0) is 34.5 Å². The van der Waals surface area contributed by atoms with Crippen molar-refractivity contribution >= 4 is 27.9 Å². The molecule has 0 aromatic rings. The van der Waals surface area contributed by atoms with Gasteiger partial charge in [-0.3, -0.25) is 9.59 Å². The molecule has 2 rings (SSSR count). The van der Waals surface area contributed by atoms with Crippen LogP contribution in [0.25, 0.3) is 0 Å². The molecule has 0 radical (unpaired) electrons. The van der Waals surface area contributed by atoms with Crippen LogP contribution in [0.2, 0.25) is 0 Å². The molecule has 5 nitrogen and oxygen atoms in total. The number of cyclic esters (lactones) is 2. The molecule has 0 saturated carbocycles. The predicted octanol–water partition coefficient (Wildman–Crippen LogP) is 2.37. The maximum atomic E-state index is 11.7. The van der Waals surface area contributed by atoms with Crippen molar-refractivity contribution in [2.45, 2.75) is 33.0 Å². The number of carbonyl (C=O) groups excluding carboxylic acids is 2. The lowest BCUT2D eigenvalue weighted by Gasteiger charge is -2.31. The van der Waals surface area contributed by atoms with Crippen LogP contribution in [0.3, 0.4) is 0 Å². The number of allylic oxidation sites excluding steroid dienone is 1. The first kappa shape index (κ1) is 13.1. The average molecular weight is 317 g/mol. The van der Waals surface area contributed by atoms with Gasteiger partial charge in [-0.1, -0.05) is 0 Å². The highest BCUT2D eigenvalue weighted by molar-refractivity contribution is 9.11. The molecule has 2 aliphatic heterocycles. The van der Waals surface area contributed by atoms with Crippen LogP contribution in [-0.4, -0.2) is 17.7 Å². The lowest BCUT2D eigenvalue weighted by atomic mass is 10.1. The molecule has 0 atom stereocenters. The van der Waals surface area contributed by atoms with E-state index in [0.29, 0.717) is 16.8 Å². The Labute approximate surface area is 113 Å². The van der Waals surface area contributed by atoms with Crippen LogP contribution >= 0.6 is 15.9 Å². The molecule has 0 aromatic heterocycles. The van der Waals surface area contributed by atoms with Gasteiger partial charge in [0.2, 0.25) is 0 Å². The Morgan fingerprint density at radius 3 is 2.28 bits per heavy atom. The Balaban J connectivity index is 2.14. The van der Waals surface area contributed by atoms with E-state index in [0.717, 1.165) is 5.57 Å². The maximum Gasteiger partial charge on any atom is 0.327 e. The van der Waals surface area contributed by atoms with Crippen LogP contribution in [0, 0.1) is 5.92 Å². The van der Waals surface area contributed by atoms with E-state index in [4.69, 9.17) is 14.2 Å². The van der Waals surface area contributed by atoms with Gasteiger partial charge in [0, 0.05) is 20.3 Å². The van der Waals surface area contributed by atoms with Crippen molar-refractivity contribution < 1.29 is 23.8 Å². The lowest BCUT2D eigenvalue weighted by Crippen LogP contribution is -2.45. The fourth-order valence-electron chi connectivity index (χ4n) is 1.71. The number of halogens is 1. The second-order valence-corrected chi connectivity index (χ2v) is 5.41. The van der Waals surface area contributed by atoms with Crippen LogP contribution in [0.5, 0.6) is 0 Å². The summed E-state index contributed by atoms with van der Waals surface area (Å²) in [5.41, 5.74) is 0.999. The molecular weight excluding hydrogens is 304 g/mol. The average Bonchev–Trinajstić information content (AvgIpc) is 2.51. The summed E-state index contributed by atoms with van der Waals surface area (Å²) in [7, 11) is 0. The van der Waals surface area contributed by atoms with E-state index in [2.05, 4.69) is 15.9 Å². The van der Waals surface area contributed by atoms with Gasteiger partial charge in [0.25, 0.3) is 5.79 Å². The topological polar surface area (TPSA) is 61.8 Å². The van der Waals surface area contributed by atoms with Crippen LogP contribution < -0.4 is 0 Å². The van der Waals surface area contributed by atoms with Gasteiger partial charge >= 0.3 is 11.9 Å². The molecular formula is C12H13BrO5. The predicted molar refractivity (Wildman–Crippen MR) is 65.2 cm³/mol. The number of esters is 2. The summed E-state index contributed by atoms with van der Waals surface area (Å²) in [6.45, 7) is 4.92. The number of ether oxygens (including phenoxy) is 3. The van der Waals surface area contributed by atoms with Gasteiger partial charge in [0.15, 0.2) is 10.6 Å². The summed E-state index contributed by atoms with van der Waals surface area (Å²) >= 11 is 3.24. The van der Waals surface area contributed by atoms with Gasteiger partial charge in [-0.15, -0.1) is 0 Å². The van der Waals surface area contributed by atoms with Crippen LogP contribution in [-0.2, 0) is 23.8 Å². The monoisotopic (exact) mass is 316 g/mol. The lowest BCUT2D eigenvalue weighted by molar-refractivity contribution is -0.237. The third-order valence-electron chi connectivity index (χ3n) is 2.55. The van der Waals surface area contributed by atoms with Crippen LogP contribution in [0.4, 0.5) is 0 Å². The molecule has 1 fully saturated rings. The highest BCUT2D eigenvalue weighted by atomic mass is 79.9. The zero-order valence-electron chi connectivity index (χ0n) is 10.3. The fraction of sp³-hybridized carbons (Fsp3) is 0.500. The molecule has 6 heteroatoms. The fourth-order valence-corrected chi connectivity index (χ4v) is 2.06. The molecule has 0 bridgehead atoms. The van der Waals surface area contributed by atoms with Crippen molar-refractivity contribution in [1.29, 1.82) is 0 Å². The van der Waals surface area contributed by atoms with Crippen LogP contribution in [0.15, 0.2) is 22.1 Å². The number of carbonyl (C=O) groups is 2. The Hall–Kier alpha value is -1.30. The third-order valence-corrected chi connectivity index (χ3v) is 3.39. The normalized spacial score (nSPS) is 26.1. The first-order valence-corrected chi connectivity index (χ1v) is 6.27. The van der Waals surface area contributed by atoms with Gasteiger partial charge < -0.3 is 14.2 Å². The van der Waals surface area contributed by atoms with Crippen molar-refractivity contribution in [1.82, 2.24) is 0 Å². The van der Waals surface area contributed by atoms with Crippen molar-refractivity contribution in [3.8, 4) is 0 Å². The summed E-state index contributed by atoms with van der Waals surface area (Å²) in [6.07, 6.45) is 2.00. The zero-order valence-corrected chi connectivity index (χ0v) is 11.9. The molecule has 0 spiro atoms. The minimum absolute atomic E-state index is 0.540. The van der Waals surface area contributed by atoms with Gasteiger partial charge in [0.05, 0.1) is 0 Å². The van der Waals surface area contributed by atoms with E-state index in [1.165, 1.54) is 19.9 Å². The molecule has 2 aliphatic rings. The van der Waals surface area contributed by atoms with Gasteiger partial charge in [-0.25, -0.2) is 0 Å². The van der Waals surface area contributed by atoms with Crippen molar-refractivity contribution in [3.63, 3.8) is 0 Å². The molecule has 0 unspecified atom stereocenters. The zero-order chi connectivity index (χ0) is 13.5. The second kappa shape index (κ2) is 4.42. The van der Waals surface area contributed by atoms with E-state index in [9.17, 15) is 9.59 Å². The highest BCUT2D eigenvalue weighted by Crippen LogP contribution is 2.33. The van der Waals surface area contributed by atoms with Crippen LogP contribution in [0.1, 0.15) is 27.2 Å². The molecule has 0 aromatic carbocycles. The summed E-state index contributed by atoms with van der Waals surface area (Å²) in [4.78, 5) is 23.4. The van der Waals surface area contributed by atoms with E-state index < -0.39 is 23.6 Å². The SMILES string of the molecule is CC1=C(Br)OC(=CC2C(=O)OC(C)(C)OC2=O)C1. The van der Waals surface area contributed by atoms with E-state index in [-0.39, 0.29) is 0 Å². The highest BCUT2D eigenvalue weighted by Gasteiger charge is 2.42. The summed E-state index contributed by atoms with van der Waals surface area (Å²) < 4.78 is 16.0. The largest absolute Gasteiger partial charge is 0.454 e. The van der Waals surface area contributed by atoms with Crippen molar-refractivity contribution in [2.24, 2.45) is 5.92 Å². The first-order chi connectivity index (χ1) is 8.28. The quantitative estimate of drug-likeness (QED) is 0.549. The Bertz CT molecular complexity index is 439. The molecule has 18 heavy (non-hydrogen) atoms. The number of hydrogen-bond donors (Lipinski definition) is 0. The molecule has 0 aliphatic carbocycles. The van der Waals surface area contributed by atoms with Crippen molar-refractivity contribution in [3.05, 3.63) is 22.1 Å². The second-order valence-electron chi connectivity index (χ2n) is 4.69. The Morgan fingerprint density at radius 2 is 1.83 bits per heavy atom. The van der Waals surface area contributed by atoms with E-state index >= 15 is 0 Å². The smallest absolute Gasteiger partial charge is 0.327 e. The number of hydrogen-bond acceptors (Lipinski definition) is 5. The first-order valence-electron chi connectivity index (χ1n) is 5.48. The molecule has 0 N–H and O–H groups in total. The molecule has 0 amide bonds. The van der Waals surface area contributed by atoms with Crippen molar-refractivity contribution in [2.75, 3.05) is 0 Å².